The van der Waals surface area contributed by atoms with Crippen molar-refractivity contribution >= 4 is 21.4 Å². The maximum Gasteiger partial charge on any atom is 0.0351 e. The fourth-order valence-corrected chi connectivity index (χ4v) is 3.16. The summed E-state index contributed by atoms with van der Waals surface area (Å²) in [6.45, 7) is 7.56. The maximum atomic E-state index is 3.23. The molecule has 1 nitrogen and oxygen atoms in total. The van der Waals surface area contributed by atoms with Crippen molar-refractivity contribution in [2.45, 2.75) is 27.3 Å². The Morgan fingerprint density at radius 3 is 2.47 bits per heavy atom. The molecule has 0 aliphatic carbocycles. The van der Waals surface area contributed by atoms with Crippen molar-refractivity contribution in [3.05, 3.63) is 33.7 Å². The van der Waals surface area contributed by atoms with Crippen LogP contribution >= 0.6 is 11.3 Å². The number of hydrogen-bond acceptors (Lipinski definition) is 2. The van der Waals surface area contributed by atoms with Gasteiger partial charge in [-0.05, 0) is 56.0 Å². The van der Waals surface area contributed by atoms with Crippen LogP contribution < -0.4 is 5.32 Å². The van der Waals surface area contributed by atoms with E-state index in [-0.39, 0.29) is 0 Å². The van der Waals surface area contributed by atoms with Gasteiger partial charge in [-0.25, -0.2) is 0 Å². The molecule has 1 aromatic carbocycles. The van der Waals surface area contributed by atoms with Crippen LogP contribution in [0, 0.1) is 20.8 Å². The molecule has 0 saturated heterocycles. The summed E-state index contributed by atoms with van der Waals surface area (Å²) in [5, 5.41) is 4.65. The number of hydrogen-bond donors (Lipinski definition) is 1. The second-order valence-electron chi connectivity index (χ2n) is 4.11. The smallest absolute Gasteiger partial charge is 0.0351 e. The lowest BCUT2D eigenvalue weighted by atomic mass is 10.1. The van der Waals surface area contributed by atoms with Crippen molar-refractivity contribution in [2.24, 2.45) is 0 Å². The molecule has 1 heterocycles. The predicted octanol–water partition coefficient (Wildman–Crippen LogP) is 3.55. The number of nitrogens with one attached hydrogen (secondary N) is 1. The standard InChI is InChI=1S/C13H17NS/c1-8-5-11-10(3)13(7-14-4)15-12(11)6-9(8)2/h5-6,14H,7H2,1-4H3. The van der Waals surface area contributed by atoms with Gasteiger partial charge in [0.15, 0.2) is 0 Å². The van der Waals surface area contributed by atoms with Crippen LogP contribution in [0.5, 0.6) is 0 Å². The molecule has 1 aromatic heterocycles. The zero-order chi connectivity index (χ0) is 11.0. The molecule has 15 heavy (non-hydrogen) atoms. The maximum absolute atomic E-state index is 3.23. The Bertz CT molecular complexity index is 497. The van der Waals surface area contributed by atoms with Crippen LogP contribution in [-0.4, -0.2) is 7.05 Å². The summed E-state index contributed by atoms with van der Waals surface area (Å²) in [5.41, 5.74) is 4.21. The third kappa shape index (κ3) is 1.80. The van der Waals surface area contributed by atoms with Gasteiger partial charge in [-0.15, -0.1) is 11.3 Å². The van der Waals surface area contributed by atoms with Gasteiger partial charge in [-0.2, -0.15) is 0 Å². The van der Waals surface area contributed by atoms with E-state index < -0.39 is 0 Å². The first-order valence-corrected chi connectivity index (χ1v) is 6.09. The fraction of sp³-hybridized carbons (Fsp3) is 0.385. The predicted molar refractivity (Wildman–Crippen MR) is 68.8 cm³/mol. The molecule has 0 aliphatic rings. The monoisotopic (exact) mass is 219 g/mol. The quantitative estimate of drug-likeness (QED) is 0.814. The summed E-state index contributed by atoms with van der Waals surface area (Å²) in [6, 6.07) is 4.62. The minimum Gasteiger partial charge on any atom is -0.315 e. The van der Waals surface area contributed by atoms with Crippen LogP contribution in [0.3, 0.4) is 0 Å². The molecule has 80 valence electrons. The second kappa shape index (κ2) is 3.95. The van der Waals surface area contributed by atoms with Gasteiger partial charge in [-0.1, -0.05) is 6.07 Å². The van der Waals surface area contributed by atoms with Gasteiger partial charge in [0.25, 0.3) is 0 Å². The van der Waals surface area contributed by atoms with E-state index in [9.17, 15) is 0 Å². The van der Waals surface area contributed by atoms with E-state index >= 15 is 0 Å². The third-order valence-electron chi connectivity index (χ3n) is 2.99. The van der Waals surface area contributed by atoms with Crippen LogP contribution in [0.4, 0.5) is 0 Å². The van der Waals surface area contributed by atoms with E-state index in [1.807, 2.05) is 18.4 Å². The lowest BCUT2D eigenvalue weighted by molar-refractivity contribution is 0.827. The number of aryl methyl sites for hydroxylation is 3. The molecule has 0 atom stereocenters. The molecular weight excluding hydrogens is 202 g/mol. The molecule has 1 N–H and O–H groups in total. The van der Waals surface area contributed by atoms with E-state index in [1.165, 1.54) is 31.7 Å². The molecule has 2 aromatic rings. The number of thiophene rings is 1. The van der Waals surface area contributed by atoms with Crippen molar-refractivity contribution in [3.63, 3.8) is 0 Å². The molecular formula is C13H17NS. The Morgan fingerprint density at radius 1 is 1.13 bits per heavy atom. The topological polar surface area (TPSA) is 12.0 Å². The van der Waals surface area contributed by atoms with Crippen LogP contribution in [0.1, 0.15) is 21.6 Å². The van der Waals surface area contributed by atoms with E-state index in [0.29, 0.717) is 0 Å². The van der Waals surface area contributed by atoms with Crippen LogP contribution in [0.2, 0.25) is 0 Å². The van der Waals surface area contributed by atoms with Gasteiger partial charge < -0.3 is 5.32 Å². The number of benzene rings is 1. The number of rotatable bonds is 2. The average Bonchev–Trinajstić information content (AvgIpc) is 2.47. The highest BCUT2D eigenvalue weighted by Gasteiger charge is 2.08. The first-order valence-electron chi connectivity index (χ1n) is 5.27. The lowest BCUT2D eigenvalue weighted by Crippen LogP contribution is -2.03. The van der Waals surface area contributed by atoms with Crippen LogP contribution in [0.15, 0.2) is 12.1 Å². The highest BCUT2D eigenvalue weighted by atomic mass is 32.1. The summed E-state index contributed by atoms with van der Waals surface area (Å²) in [6.07, 6.45) is 0. The van der Waals surface area contributed by atoms with Crippen molar-refractivity contribution in [1.29, 1.82) is 0 Å². The highest BCUT2D eigenvalue weighted by molar-refractivity contribution is 7.19. The molecule has 0 radical (unpaired) electrons. The minimum absolute atomic E-state index is 0.975. The van der Waals surface area contributed by atoms with Crippen molar-refractivity contribution < 1.29 is 0 Å². The largest absolute Gasteiger partial charge is 0.315 e. The molecule has 0 spiro atoms. The molecule has 2 rings (SSSR count). The Balaban J connectivity index is 2.66. The third-order valence-corrected chi connectivity index (χ3v) is 4.24. The minimum atomic E-state index is 0.975. The van der Waals surface area contributed by atoms with Gasteiger partial charge in [-0.3, -0.25) is 0 Å². The molecule has 0 unspecified atom stereocenters. The second-order valence-corrected chi connectivity index (χ2v) is 5.25. The van der Waals surface area contributed by atoms with Gasteiger partial charge in [0.1, 0.15) is 0 Å². The van der Waals surface area contributed by atoms with E-state index in [1.54, 1.807) is 0 Å². The summed E-state index contributed by atoms with van der Waals surface area (Å²) < 4.78 is 1.42. The molecule has 0 saturated carbocycles. The van der Waals surface area contributed by atoms with Crippen molar-refractivity contribution in [1.82, 2.24) is 5.32 Å². The Morgan fingerprint density at radius 2 is 1.80 bits per heavy atom. The zero-order valence-corrected chi connectivity index (χ0v) is 10.6. The Labute approximate surface area is 95.1 Å². The average molecular weight is 219 g/mol. The van der Waals surface area contributed by atoms with E-state index in [4.69, 9.17) is 0 Å². The van der Waals surface area contributed by atoms with Crippen LogP contribution in [-0.2, 0) is 6.54 Å². The number of fused-ring (bicyclic) bond motifs is 1. The summed E-state index contributed by atoms with van der Waals surface area (Å²) in [4.78, 5) is 1.46. The van der Waals surface area contributed by atoms with Crippen molar-refractivity contribution in [3.8, 4) is 0 Å². The van der Waals surface area contributed by atoms with Gasteiger partial charge >= 0.3 is 0 Å². The van der Waals surface area contributed by atoms with Gasteiger partial charge in [0, 0.05) is 16.1 Å². The molecule has 0 bridgehead atoms. The Hall–Kier alpha value is -0.860. The Kier molecular flexibility index (Phi) is 2.81. The van der Waals surface area contributed by atoms with E-state index in [2.05, 4.69) is 38.2 Å². The molecule has 0 amide bonds. The SMILES string of the molecule is CNCc1sc2cc(C)c(C)cc2c1C. The van der Waals surface area contributed by atoms with Crippen LogP contribution in [0.25, 0.3) is 10.1 Å². The summed E-state index contributed by atoms with van der Waals surface area (Å²) >= 11 is 1.91. The normalized spacial score (nSPS) is 11.2. The van der Waals surface area contributed by atoms with Gasteiger partial charge in [0.05, 0.1) is 0 Å². The lowest BCUT2D eigenvalue weighted by Gasteiger charge is -2.00. The summed E-state index contributed by atoms with van der Waals surface area (Å²) in [5.74, 6) is 0. The zero-order valence-electron chi connectivity index (χ0n) is 9.77. The summed E-state index contributed by atoms with van der Waals surface area (Å²) in [7, 11) is 2.00. The highest BCUT2D eigenvalue weighted by Crippen LogP contribution is 2.32. The first kappa shape index (κ1) is 10.7. The van der Waals surface area contributed by atoms with E-state index in [0.717, 1.165) is 6.54 Å². The molecule has 2 heteroatoms. The fourth-order valence-electron chi connectivity index (χ4n) is 1.86. The molecule has 0 aliphatic heterocycles. The van der Waals surface area contributed by atoms with Crippen molar-refractivity contribution in [2.75, 3.05) is 7.05 Å². The van der Waals surface area contributed by atoms with Gasteiger partial charge in [0.2, 0.25) is 0 Å². The molecule has 0 fully saturated rings. The first-order chi connectivity index (χ1) is 7.13.